The zero-order valence-corrected chi connectivity index (χ0v) is 16.9. The lowest BCUT2D eigenvalue weighted by Crippen LogP contribution is -2.30. The van der Waals surface area contributed by atoms with Gasteiger partial charge in [0.25, 0.3) is 0 Å². The maximum absolute atomic E-state index is 13.0. The number of methoxy groups -OCH3 is 2. The lowest BCUT2D eigenvalue weighted by molar-refractivity contribution is -0.115. The Bertz CT molecular complexity index is 1120. The van der Waals surface area contributed by atoms with Crippen LogP contribution in [0.4, 0.5) is 5.69 Å². The predicted molar refractivity (Wildman–Crippen MR) is 106 cm³/mol. The Morgan fingerprint density at radius 2 is 1.79 bits per heavy atom. The van der Waals surface area contributed by atoms with Crippen LogP contribution in [0.25, 0.3) is 0 Å². The maximum atomic E-state index is 13.0. The number of carbonyl (C=O) groups excluding carboxylic acids is 1. The molecule has 0 saturated heterocycles. The molecule has 1 N–H and O–H groups in total. The van der Waals surface area contributed by atoms with E-state index >= 15 is 0 Å². The zero-order chi connectivity index (χ0) is 20.1. The van der Waals surface area contributed by atoms with Crippen molar-refractivity contribution >= 4 is 32.9 Å². The Labute approximate surface area is 168 Å². The number of halogens is 1. The molecule has 1 heterocycles. The van der Waals surface area contributed by atoms with Gasteiger partial charge < -0.3 is 14.8 Å². The van der Waals surface area contributed by atoms with E-state index in [-0.39, 0.29) is 22.1 Å². The Hall–Kier alpha value is -2.51. The number of carbonyl (C=O) groups is 1. The van der Waals surface area contributed by atoms with E-state index in [1.54, 1.807) is 32.4 Å². The first-order valence-electron chi connectivity index (χ1n) is 8.65. The normalized spacial score (nSPS) is 20.1. The quantitative estimate of drug-likeness (QED) is 0.812. The van der Waals surface area contributed by atoms with E-state index in [0.717, 1.165) is 5.56 Å². The number of rotatable bonds is 3. The summed E-state index contributed by atoms with van der Waals surface area (Å²) < 4.78 is 36.6. The number of ketones is 1. The lowest BCUT2D eigenvalue weighted by Gasteiger charge is -2.31. The third-order valence-corrected chi connectivity index (χ3v) is 7.24. The molecule has 1 aliphatic heterocycles. The molecule has 0 aromatic heterocycles. The smallest absolute Gasteiger partial charge is 0.213 e. The second-order valence-electron chi connectivity index (χ2n) is 6.72. The first-order chi connectivity index (χ1) is 13.3. The molecule has 2 aliphatic rings. The van der Waals surface area contributed by atoms with Crippen molar-refractivity contribution in [2.45, 2.75) is 23.7 Å². The summed E-state index contributed by atoms with van der Waals surface area (Å²) in [6, 6.07) is 10.1. The number of ether oxygens (including phenoxy) is 2. The van der Waals surface area contributed by atoms with Crippen molar-refractivity contribution in [3.63, 3.8) is 0 Å². The van der Waals surface area contributed by atoms with Crippen molar-refractivity contribution in [1.82, 2.24) is 0 Å². The highest BCUT2D eigenvalue weighted by Gasteiger charge is 2.41. The van der Waals surface area contributed by atoms with E-state index in [0.29, 0.717) is 34.3 Å². The molecule has 1 unspecified atom stereocenters. The largest absolute Gasteiger partial charge is 0.493 e. The van der Waals surface area contributed by atoms with Crippen molar-refractivity contribution in [3.05, 3.63) is 57.6 Å². The standard InChI is InChI=1S/C20H18ClNO5S/c1-26-17-6-3-11(9-18(17)27-2)12-7-15-20(16(23)8-12)28(24,25)19-10-13(21)4-5-14(19)22-15/h3-6,9-10,12,22H,7-8H2,1-2H3. The van der Waals surface area contributed by atoms with Gasteiger partial charge in [-0.15, -0.1) is 0 Å². The number of hydrogen-bond acceptors (Lipinski definition) is 6. The average Bonchev–Trinajstić information content (AvgIpc) is 2.67. The summed E-state index contributed by atoms with van der Waals surface area (Å²) in [5.74, 6) is 0.593. The molecule has 4 rings (SSSR count). The number of fused-ring (bicyclic) bond motifs is 1. The van der Waals surface area contributed by atoms with Crippen molar-refractivity contribution in [2.75, 3.05) is 19.5 Å². The number of allylic oxidation sites excluding steroid dienone is 2. The summed E-state index contributed by atoms with van der Waals surface area (Å²) in [4.78, 5) is 12.7. The number of nitrogens with one attached hydrogen (secondary N) is 1. The fraction of sp³-hybridized carbons (Fsp3) is 0.250. The Balaban J connectivity index is 1.75. The van der Waals surface area contributed by atoms with E-state index in [2.05, 4.69) is 5.32 Å². The molecule has 0 amide bonds. The van der Waals surface area contributed by atoms with Crippen LogP contribution in [0.5, 0.6) is 11.5 Å². The number of sulfone groups is 1. The fourth-order valence-corrected chi connectivity index (χ4v) is 5.74. The molecule has 0 fully saturated rings. The van der Waals surface area contributed by atoms with Crippen molar-refractivity contribution < 1.29 is 22.7 Å². The molecule has 2 aromatic rings. The van der Waals surface area contributed by atoms with Crippen molar-refractivity contribution in [2.24, 2.45) is 0 Å². The Morgan fingerprint density at radius 1 is 1.04 bits per heavy atom. The van der Waals surface area contributed by atoms with Crippen LogP contribution in [0.15, 0.2) is 51.9 Å². The van der Waals surface area contributed by atoms with Crippen LogP contribution in [0, 0.1) is 0 Å². The van der Waals surface area contributed by atoms with Gasteiger partial charge in [0.15, 0.2) is 17.3 Å². The molecule has 0 saturated carbocycles. The van der Waals surface area contributed by atoms with Gasteiger partial charge in [-0.25, -0.2) is 8.42 Å². The van der Waals surface area contributed by atoms with Crippen LogP contribution in [-0.4, -0.2) is 28.4 Å². The SMILES string of the molecule is COc1ccc(C2CC(=O)C3=C(C2)Nc2ccc(Cl)cc2S3(=O)=O)cc1OC. The van der Waals surface area contributed by atoms with Crippen molar-refractivity contribution in [3.8, 4) is 11.5 Å². The summed E-state index contributed by atoms with van der Waals surface area (Å²) in [7, 11) is -0.803. The van der Waals surface area contributed by atoms with Gasteiger partial charge in [-0.3, -0.25) is 4.79 Å². The highest BCUT2D eigenvalue weighted by atomic mass is 35.5. The zero-order valence-electron chi connectivity index (χ0n) is 15.3. The first-order valence-corrected chi connectivity index (χ1v) is 10.5. The van der Waals surface area contributed by atoms with E-state index in [9.17, 15) is 13.2 Å². The molecule has 146 valence electrons. The minimum atomic E-state index is -3.91. The minimum Gasteiger partial charge on any atom is -0.493 e. The van der Waals surface area contributed by atoms with Crippen LogP contribution in [-0.2, 0) is 14.6 Å². The number of anilines is 1. The molecule has 8 heteroatoms. The molecule has 6 nitrogen and oxygen atoms in total. The molecule has 0 radical (unpaired) electrons. The molecular formula is C20H18ClNO5S. The van der Waals surface area contributed by atoms with Gasteiger partial charge in [-0.2, -0.15) is 0 Å². The molecule has 2 aromatic carbocycles. The molecular weight excluding hydrogens is 402 g/mol. The summed E-state index contributed by atoms with van der Waals surface area (Å²) in [5, 5.41) is 3.43. The Morgan fingerprint density at radius 3 is 2.50 bits per heavy atom. The second-order valence-corrected chi connectivity index (χ2v) is 9.01. The van der Waals surface area contributed by atoms with Crippen LogP contribution in [0.2, 0.25) is 5.02 Å². The third-order valence-electron chi connectivity index (χ3n) is 5.08. The first kappa shape index (κ1) is 18.8. The summed E-state index contributed by atoms with van der Waals surface area (Å²) in [6.45, 7) is 0. The van der Waals surface area contributed by atoms with Gasteiger partial charge in [-0.1, -0.05) is 17.7 Å². The van der Waals surface area contributed by atoms with Gasteiger partial charge in [-0.05, 0) is 48.2 Å². The highest BCUT2D eigenvalue weighted by Crippen LogP contribution is 2.45. The molecule has 0 bridgehead atoms. The summed E-state index contributed by atoms with van der Waals surface area (Å²) in [6.07, 6.45) is 0.503. The van der Waals surface area contributed by atoms with E-state index in [1.807, 2.05) is 12.1 Å². The second kappa shape index (κ2) is 6.83. The van der Waals surface area contributed by atoms with Gasteiger partial charge >= 0.3 is 0 Å². The minimum absolute atomic E-state index is 0.0386. The number of benzene rings is 2. The van der Waals surface area contributed by atoms with Crippen LogP contribution < -0.4 is 14.8 Å². The fourth-order valence-electron chi connectivity index (χ4n) is 3.75. The third kappa shape index (κ3) is 2.95. The average molecular weight is 420 g/mol. The van der Waals surface area contributed by atoms with E-state index < -0.39 is 15.6 Å². The number of Topliss-reactive ketones (excluding diaryl/α,β-unsaturated/α-hetero) is 1. The van der Waals surface area contributed by atoms with Gasteiger partial charge in [0.1, 0.15) is 4.91 Å². The molecule has 1 aliphatic carbocycles. The van der Waals surface area contributed by atoms with E-state index in [4.69, 9.17) is 21.1 Å². The van der Waals surface area contributed by atoms with Crippen LogP contribution in [0.1, 0.15) is 24.3 Å². The molecule has 28 heavy (non-hydrogen) atoms. The van der Waals surface area contributed by atoms with Crippen molar-refractivity contribution in [1.29, 1.82) is 0 Å². The van der Waals surface area contributed by atoms with Gasteiger partial charge in [0.05, 0.1) is 24.8 Å². The van der Waals surface area contributed by atoms with Gasteiger partial charge in [0, 0.05) is 17.1 Å². The maximum Gasteiger partial charge on any atom is 0.213 e. The lowest BCUT2D eigenvalue weighted by atomic mass is 9.85. The molecule has 0 spiro atoms. The number of hydrogen-bond donors (Lipinski definition) is 1. The predicted octanol–water partition coefficient (Wildman–Crippen LogP) is 3.91. The summed E-state index contributed by atoms with van der Waals surface area (Å²) >= 11 is 5.96. The van der Waals surface area contributed by atoms with Gasteiger partial charge in [0.2, 0.25) is 9.84 Å². The topological polar surface area (TPSA) is 81.7 Å². The van der Waals surface area contributed by atoms with E-state index in [1.165, 1.54) is 6.07 Å². The molecule has 1 atom stereocenters. The van der Waals surface area contributed by atoms with Crippen LogP contribution in [0.3, 0.4) is 0 Å². The monoisotopic (exact) mass is 419 g/mol. The Kier molecular flexibility index (Phi) is 4.59. The van der Waals surface area contributed by atoms with Crippen LogP contribution >= 0.6 is 11.6 Å². The summed E-state index contributed by atoms with van der Waals surface area (Å²) in [5.41, 5.74) is 1.74. The highest BCUT2D eigenvalue weighted by molar-refractivity contribution is 7.96.